The highest BCUT2D eigenvalue weighted by molar-refractivity contribution is 7.94. The lowest BCUT2D eigenvalue weighted by molar-refractivity contribution is -0.150. The summed E-state index contributed by atoms with van der Waals surface area (Å²) < 4.78 is 29.4. The predicted octanol–water partition coefficient (Wildman–Crippen LogP) is -1.09. The molecule has 0 spiro atoms. The molecule has 4 atom stereocenters. The summed E-state index contributed by atoms with van der Waals surface area (Å²) >= 11 is 0. The lowest BCUT2D eigenvalue weighted by Gasteiger charge is -2.29. The number of Topliss-reactive ketones (excluding diaryl/α,β-unsaturated/α-hetero) is 1. The van der Waals surface area contributed by atoms with E-state index in [9.17, 15) is 27.9 Å². The molecule has 0 bridgehead atoms. The molecule has 11 heteroatoms. The SMILES string of the molecule is COC(=O)c1cnnn1C[C@@]1(C)[C@H](C(=O)O)C2C(=O)CC2S1(=O)=O. The van der Waals surface area contributed by atoms with Crippen LogP contribution in [0.15, 0.2) is 6.20 Å². The topological polar surface area (TPSA) is 146 Å². The van der Waals surface area contributed by atoms with E-state index in [0.29, 0.717) is 0 Å². The Morgan fingerprint density at radius 2 is 2.17 bits per heavy atom. The summed E-state index contributed by atoms with van der Waals surface area (Å²) in [5.74, 6) is -4.95. The first kappa shape index (κ1) is 16.6. The van der Waals surface area contributed by atoms with Gasteiger partial charge in [-0.1, -0.05) is 5.21 Å². The molecule has 1 aliphatic heterocycles. The Kier molecular flexibility index (Phi) is 3.52. The molecule has 24 heavy (non-hydrogen) atoms. The van der Waals surface area contributed by atoms with Crippen LogP contribution in [0.2, 0.25) is 0 Å². The van der Waals surface area contributed by atoms with Gasteiger partial charge in [-0.3, -0.25) is 9.59 Å². The van der Waals surface area contributed by atoms with Gasteiger partial charge in [0.2, 0.25) is 0 Å². The quantitative estimate of drug-likeness (QED) is 0.664. The van der Waals surface area contributed by atoms with E-state index in [-0.39, 0.29) is 17.9 Å². The van der Waals surface area contributed by atoms with E-state index < -0.39 is 50.2 Å². The van der Waals surface area contributed by atoms with Crippen molar-refractivity contribution >= 4 is 27.6 Å². The minimum Gasteiger partial charge on any atom is -0.481 e. The third kappa shape index (κ3) is 1.93. The second-order valence-corrected chi connectivity index (χ2v) is 8.80. The molecule has 1 aliphatic carbocycles. The molecule has 1 N–H and O–H groups in total. The Hall–Kier alpha value is -2.30. The highest BCUT2D eigenvalue weighted by Crippen LogP contribution is 2.54. The number of sulfone groups is 1. The van der Waals surface area contributed by atoms with Gasteiger partial charge in [0.15, 0.2) is 15.5 Å². The molecule has 2 heterocycles. The first-order chi connectivity index (χ1) is 11.1. The van der Waals surface area contributed by atoms with Gasteiger partial charge in [-0.25, -0.2) is 17.9 Å². The monoisotopic (exact) mass is 357 g/mol. The van der Waals surface area contributed by atoms with E-state index in [2.05, 4.69) is 15.0 Å². The van der Waals surface area contributed by atoms with Crippen LogP contribution >= 0.6 is 0 Å². The standard InChI is InChI=1S/C13H15N3O7S/c1-13(5-16-6(4-14-15-16)12(20)23-2)10(11(18)19)9-7(17)3-8(9)24(13,21)22/h4,8-10H,3,5H2,1-2H3,(H,18,19)/t8?,9?,10-,13-/m0/s1. The van der Waals surface area contributed by atoms with E-state index in [4.69, 9.17) is 0 Å². The molecule has 3 rings (SSSR count). The number of hydrogen-bond acceptors (Lipinski definition) is 8. The number of rotatable bonds is 4. The lowest BCUT2D eigenvalue weighted by atomic mass is 9.70. The lowest BCUT2D eigenvalue weighted by Crippen LogP contribution is -2.47. The summed E-state index contributed by atoms with van der Waals surface area (Å²) in [7, 11) is -2.78. The first-order valence-corrected chi connectivity index (χ1v) is 8.65. The van der Waals surface area contributed by atoms with Crippen molar-refractivity contribution < 1.29 is 32.6 Å². The van der Waals surface area contributed by atoms with Gasteiger partial charge in [0, 0.05) is 12.3 Å². The minimum absolute atomic E-state index is 0.0939. The van der Waals surface area contributed by atoms with Crippen LogP contribution in [0, 0.1) is 11.8 Å². The molecule has 1 saturated heterocycles. The van der Waals surface area contributed by atoms with Crippen LogP contribution in [0.5, 0.6) is 0 Å². The van der Waals surface area contributed by atoms with Crippen LogP contribution in [0.25, 0.3) is 0 Å². The van der Waals surface area contributed by atoms with Gasteiger partial charge in [-0.15, -0.1) is 5.10 Å². The number of esters is 1. The number of methoxy groups -OCH3 is 1. The molecule has 0 amide bonds. The number of fused-ring (bicyclic) bond motifs is 1. The van der Waals surface area contributed by atoms with Crippen molar-refractivity contribution in [2.45, 2.75) is 29.9 Å². The molecule has 1 saturated carbocycles. The number of hydrogen-bond donors (Lipinski definition) is 1. The molecule has 2 fully saturated rings. The van der Waals surface area contributed by atoms with Crippen molar-refractivity contribution in [3.8, 4) is 0 Å². The fourth-order valence-corrected chi connectivity index (χ4v) is 6.33. The van der Waals surface area contributed by atoms with Crippen molar-refractivity contribution in [1.29, 1.82) is 0 Å². The molecule has 10 nitrogen and oxygen atoms in total. The van der Waals surface area contributed by atoms with Crippen LogP contribution in [0.3, 0.4) is 0 Å². The van der Waals surface area contributed by atoms with E-state index in [0.717, 1.165) is 18.0 Å². The minimum atomic E-state index is -3.92. The second kappa shape index (κ2) is 5.10. The van der Waals surface area contributed by atoms with Gasteiger partial charge >= 0.3 is 11.9 Å². The molecule has 1 aromatic heterocycles. The van der Waals surface area contributed by atoms with Crippen LogP contribution in [-0.4, -0.2) is 63.3 Å². The number of ether oxygens (including phenoxy) is 1. The average Bonchev–Trinajstić information content (AvgIpc) is 3.00. The van der Waals surface area contributed by atoms with E-state index in [1.807, 2.05) is 0 Å². The number of aromatic nitrogens is 3. The molecule has 2 aliphatic rings. The fraction of sp³-hybridized carbons (Fsp3) is 0.615. The summed E-state index contributed by atoms with van der Waals surface area (Å²) in [6.07, 6.45) is 0.930. The maximum atomic E-state index is 12.8. The maximum absolute atomic E-state index is 12.8. The third-order valence-corrected chi connectivity index (χ3v) is 7.92. The highest BCUT2D eigenvalue weighted by atomic mass is 32.2. The molecular weight excluding hydrogens is 342 g/mol. The fourth-order valence-electron chi connectivity index (χ4n) is 3.65. The number of carbonyl (C=O) groups is 3. The van der Waals surface area contributed by atoms with E-state index in [1.165, 1.54) is 6.92 Å². The summed E-state index contributed by atoms with van der Waals surface area (Å²) in [6, 6.07) is 0. The number of nitrogens with zero attached hydrogens (tertiary/aromatic N) is 3. The van der Waals surface area contributed by atoms with Gasteiger partial charge in [0.25, 0.3) is 0 Å². The molecule has 0 aromatic carbocycles. The van der Waals surface area contributed by atoms with Gasteiger partial charge in [-0.05, 0) is 6.92 Å². The number of ketones is 1. The van der Waals surface area contributed by atoms with Crippen molar-refractivity contribution in [3.05, 3.63) is 11.9 Å². The summed E-state index contributed by atoms with van der Waals surface area (Å²) in [6.45, 7) is 0.868. The van der Waals surface area contributed by atoms with Crippen molar-refractivity contribution in [2.75, 3.05) is 7.11 Å². The van der Waals surface area contributed by atoms with Gasteiger partial charge in [0.1, 0.15) is 10.5 Å². The Bertz CT molecular complexity index is 846. The smallest absolute Gasteiger partial charge is 0.358 e. The highest BCUT2D eigenvalue weighted by Gasteiger charge is 2.71. The van der Waals surface area contributed by atoms with Crippen molar-refractivity contribution in [1.82, 2.24) is 15.0 Å². The second-order valence-electron chi connectivity index (χ2n) is 6.18. The number of carbonyl (C=O) groups excluding carboxylic acids is 2. The maximum Gasteiger partial charge on any atom is 0.358 e. The van der Waals surface area contributed by atoms with Gasteiger partial charge in [0.05, 0.1) is 31.0 Å². The zero-order chi connectivity index (χ0) is 17.9. The summed E-state index contributed by atoms with van der Waals surface area (Å²) in [5, 5.41) is 15.7. The van der Waals surface area contributed by atoms with Crippen LogP contribution in [0.1, 0.15) is 23.8 Å². The van der Waals surface area contributed by atoms with Crippen molar-refractivity contribution in [2.24, 2.45) is 11.8 Å². The molecule has 2 unspecified atom stereocenters. The molecule has 0 radical (unpaired) electrons. The van der Waals surface area contributed by atoms with Gasteiger partial charge < -0.3 is 9.84 Å². The van der Waals surface area contributed by atoms with Crippen molar-refractivity contribution in [3.63, 3.8) is 0 Å². The zero-order valence-electron chi connectivity index (χ0n) is 12.9. The van der Waals surface area contributed by atoms with Crippen LogP contribution in [0.4, 0.5) is 0 Å². The predicted molar refractivity (Wildman–Crippen MR) is 76.7 cm³/mol. The van der Waals surface area contributed by atoms with E-state index >= 15 is 0 Å². The number of carboxylic acids is 1. The van der Waals surface area contributed by atoms with Crippen LogP contribution in [-0.2, 0) is 30.7 Å². The largest absolute Gasteiger partial charge is 0.481 e. The normalized spacial score (nSPS) is 33.6. The zero-order valence-corrected chi connectivity index (χ0v) is 13.7. The average molecular weight is 357 g/mol. The molecule has 1 aromatic rings. The Morgan fingerprint density at radius 3 is 2.71 bits per heavy atom. The Morgan fingerprint density at radius 1 is 1.50 bits per heavy atom. The first-order valence-electron chi connectivity index (χ1n) is 7.11. The third-order valence-electron chi connectivity index (χ3n) is 4.98. The number of carboxylic acid groups (broad SMARTS) is 1. The summed E-state index contributed by atoms with van der Waals surface area (Å²) in [5.41, 5.74) is -0.0939. The van der Waals surface area contributed by atoms with Gasteiger partial charge in [-0.2, -0.15) is 0 Å². The van der Waals surface area contributed by atoms with E-state index in [1.54, 1.807) is 0 Å². The number of aliphatic carboxylic acids is 1. The molecule has 130 valence electrons. The van der Waals surface area contributed by atoms with Crippen LogP contribution < -0.4 is 0 Å². The summed E-state index contributed by atoms with van der Waals surface area (Å²) in [4.78, 5) is 35.2. The Balaban J connectivity index is 2.07. The molecular formula is C13H15N3O7S. The Labute approximate surface area is 136 Å².